The number of benzene rings is 2. The topological polar surface area (TPSA) is 78.0 Å². The molecule has 3 aliphatic rings. The molecule has 1 amide bonds. The van der Waals surface area contributed by atoms with Gasteiger partial charge in [0.1, 0.15) is 23.6 Å². The SMILES string of the molecule is COc1ccc2nc(N3C(=O)C4=C(C(=O)C5CC(Cl)CCC5O4)C3c3ccccc3OC)sc2c1. The maximum absolute atomic E-state index is 13.9. The second-order valence-electron chi connectivity index (χ2n) is 8.93. The Morgan fingerprint density at radius 2 is 1.94 bits per heavy atom. The summed E-state index contributed by atoms with van der Waals surface area (Å²) in [6, 6.07) is 12.3. The summed E-state index contributed by atoms with van der Waals surface area (Å²) in [5.41, 5.74) is 1.82. The van der Waals surface area contributed by atoms with Crippen molar-refractivity contribution in [2.24, 2.45) is 5.92 Å². The fraction of sp³-hybridized carbons (Fsp3) is 0.346. The van der Waals surface area contributed by atoms with Gasteiger partial charge < -0.3 is 14.2 Å². The fourth-order valence-electron chi connectivity index (χ4n) is 5.32. The molecule has 4 unspecified atom stereocenters. The van der Waals surface area contributed by atoms with Crippen LogP contribution in [0.25, 0.3) is 10.2 Å². The lowest BCUT2D eigenvalue weighted by atomic mass is 9.77. The van der Waals surface area contributed by atoms with Gasteiger partial charge in [0.05, 0.1) is 35.9 Å². The van der Waals surface area contributed by atoms with Crippen molar-refractivity contribution in [1.82, 2.24) is 4.98 Å². The zero-order valence-electron chi connectivity index (χ0n) is 19.2. The van der Waals surface area contributed by atoms with Gasteiger partial charge >= 0.3 is 0 Å². The van der Waals surface area contributed by atoms with Gasteiger partial charge in [0.25, 0.3) is 5.91 Å². The molecule has 3 aromatic rings. The maximum Gasteiger partial charge on any atom is 0.296 e. The third-order valence-electron chi connectivity index (χ3n) is 7.01. The number of fused-ring (bicyclic) bond motifs is 2. The van der Waals surface area contributed by atoms with Gasteiger partial charge in [-0.2, -0.15) is 0 Å². The molecule has 0 saturated heterocycles. The molecule has 4 atom stereocenters. The summed E-state index contributed by atoms with van der Waals surface area (Å²) in [7, 11) is 3.18. The summed E-state index contributed by atoms with van der Waals surface area (Å²) in [4.78, 5) is 34.1. The van der Waals surface area contributed by atoms with E-state index in [1.165, 1.54) is 11.3 Å². The third kappa shape index (κ3) is 3.50. The van der Waals surface area contributed by atoms with Crippen LogP contribution in [-0.4, -0.2) is 42.4 Å². The van der Waals surface area contributed by atoms with Crippen molar-refractivity contribution < 1.29 is 23.8 Å². The number of anilines is 1. The van der Waals surface area contributed by atoms with Crippen molar-refractivity contribution in [3.05, 3.63) is 59.4 Å². The number of halogens is 1. The number of ether oxygens (including phenoxy) is 3. The molecule has 1 saturated carbocycles. The number of aromatic nitrogens is 1. The molecule has 7 nitrogen and oxygen atoms in total. The molecule has 0 spiro atoms. The summed E-state index contributed by atoms with van der Waals surface area (Å²) in [6.45, 7) is 0. The van der Waals surface area contributed by atoms with Crippen molar-refractivity contribution >= 4 is 50.0 Å². The average molecular weight is 511 g/mol. The lowest BCUT2D eigenvalue weighted by Gasteiger charge is -2.37. The van der Waals surface area contributed by atoms with Crippen LogP contribution in [0.2, 0.25) is 0 Å². The first-order valence-corrected chi connectivity index (χ1v) is 12.8. The van der Waals surface area contributed by atoms with E-state index in [0.29, 0.717) is 40.6 Å². The zero-order valence-corrected chi connectivity index (χ0v) is 20.8. The molecule has 6 rings (SSSR count). The third-order valence-corrected chi connectivity index (χ3v) is 8.42. The Kier molecular flexibility index (Phi) is 5.45. The van der Waals surface area contributed by atoms with E-state index in [4.69, 9.17) is 30.8 Å². The van der Waals surface area contributed by atoms with E-state index in [2.05, 4.69) is 0 Å². The fourth-order valence-corrected chi connectivity index (χ4v) is 6.66. The average Bonchev–Trinajstić information content (AvgIpc) is 3.42. The van der Waals surface area contributed by atoms with Crippen LogP contribution < -0.4 is 14.4 Å². The Morgan fingerprint density at radius 1 is 1.11 bits per heavy atom. The maximum atomic E-state index is 13.9. The van der Waals surface area contributed by atoms with Crippen molar-refractivity contribution in [1.29, 1.82) is 0 Å². The van der Waals surface area contributed by atoms with E-state index < -0.39 is 6.04 Å². The van der Waals surface area contributed by atoms with E-state index in [9.17, 15) is 9.59 Å². The summed E-state index contributed by atoms with van der Waals surface area (Å²) >= 11 is 7.80. The number of Topliss-reactive ketones (excluding diaryl/α,β-unsaturated/α-hetero) is 1. The largest absolute Gasteiger partial charge is 0.497 e. The number of methoxy groups -OCH3 is 2. The number of ketones is 1. The summed E-state index contributed by atoms with van der Waals surface area (Å²) < 4.78 is 18.1. The zero-order chi connectivity index (χ0) is 24.3. The molecule has 1 aliphatic carbocycles. The first-order chi connectivity index (χ1) is 17.0. The Bertz CT molecular complexity index is 1390. The van der Waals surface area contributed by atoms with Gasteiger partial charge in [-0.05, 0) is 43.5 Å². The highest BCUT2D eigenvalue weighted by Gasteiger charge is 2.54. The van der Waals surface area contributed by atoms with Crippen LogP contribution in [0.5, 0.6) is 11.5 Å². The van der Waals surface area contributed by atoms with Crippen LogP contribution in [0.15, 0.2) is 53.8 Å². The Labute approximate surface area is 211 Å². The van der Waals surface area contributed by atoms with Crippen molar-refractivity contribution in [3.8, 4) is 11.5 Å². The minimum absolute atomic E-state index is 0.0730. The lowest BCUT2D eigenvalue weighted by molar-refractivity contribution is -0.131. The predicted molar refractivity (Wildman–Crippen MR) is 133 cm³/mol. The summed E-state index contributed by atoms with van der Waals surface area (Å²) in [5, 5.41) is 0.404. The molecule has 1 fully saturated rings. The van der Waals surface area contributed by atoms with Gasteiger partial charge in [-0.15, -0.1) is 11.6 Å². The number of nitrogens with zero attached hydrogens (tertiary/aromatic N) is 2. The van der Waals surface area contributed by atoms with Crippen LogP contribution in [0, 0.1) is 5.92 Å². The molecule has 35 heavy (non-hydrogen) atoms. The second-order valence-corrected chi connectivity index (χ2v) is 10.6. The minimum atomic E-state index is -0.708. The number of carbonyl (C=O) groups excluding carboxylic acids is 2. The molecule has 0 bridgehead atoms. The molecule has 1 aromatic heterocycles. The molecule has 2 aromatic carbocycles. The van der Waals surface area contributed by atoms with Crippen LogP contribution in [0.4, 0.5) is 5.13 Å². The highest BCUT2D eigenvalue weighted by Crippen LogP contribution is 2.51. The number of rotatable bonds is 4. The molecular formula is C26H23ClN2O5S. The van der Waals surface area contributed by atoms with E-state index >= 15 is 0 Å². The van der Waals surface area contributed by atoms with E-state index in [1.807, 2.05) is 42.5 Å². The Morgan fingerprint density at radius 3 is 2.74 bits per heavy atom. The van der Waals surface area contributed by atoms with Crippen LogP contribution in [-0.2, 0) is 14.3 Å². The number of carbonyl (C=O) groups is 2. The molecule has 3 heterocycles. The van der Waals surface area contributed by atoms with Gasteiger partial charge in [-0.25, -0.2) is 4.98 Å². The first kappa shape index (κ1) is 22.4. The molecule has 0 N–H and O–H groups in total. The monoisotopic (exact) mass is 510 g/mol. The normalized spacial score (nSPS) is 26.0. The van der Waals surface area contributed by atoms with E-state index in [1.54, 1.807) is 19.1 Å². The number of amides is 1. The molecule has 180 valence electrons. The number of hydrogen-bond donors (Lipinski definition) is 0. The van der Waals surface area contributed by atoms with Crippen LogP contribution in [0.3, 0.4) is 0 Å². The lowest BCUT2D eigenvalue weighted by Crippen LogP contribution is -2.41. The smallest absolute Gasteiger partial charge is 0.296 e. The molecular weight excluding hydrogens is 488 g/mol. The van der Waals surface area contributed by atoms with Gasteiger partial charge in [-0.1, -0.05) is 29.5 Å². The number of hydrogen-bond acceptors (Lipinski definition) is 7. The van der Waals surface area contributed by atoms with Gasteiger partial charge in [-0.3, -0.25) is 14.5 Å². The summed E-state index contributed by atoms with van der Waals surface area (Å²) in [5.74, 6) is 0.613. The number of alkyl halides is 1. The molecule has 9 heteroatoms. The quantitative estimate of drug-likeness (QED) is 0.458. The number of para-hydroxylation sites is 1. The van der Waals surface area contributed by atoms with Gasteiger partial charge in [0, 0.05) is 10.9 Å². The van der Waals surface area contributed by atoms with Crippen LogP contribution >= 0.6 is 22.9 Å². The number of thiazole rings is 1. The Hall–Kier alpha value is -3.10. The standard InChI is InChI=1S/C26H23ClN2O5S/c1-32-14-8-9-17-20(12-14)35-26(28-17)29-22(15-5-3-4-6-18(15)33-2)21-23(30)16-11-13(27)7-10-19(16)34-24(21)25(29)31/h3-6,8-9,12-13,16,19,22H,7,10-11H2,1-2H3. The van der Waals surface area contributed by atoms with E-state index in [0.717, 1.165) is 16.6 Å². The van der Waals surface area contributed by atoms with Gasteiger partial charge in [0.2, 0.25) is 0 Å². The second kappa shape index (κ2) is 8.53. The van der Waals surface area contributed by atoms with Crippen LogP contribution in [0.1, 0.15) is 30.9 Å². The van der Waals surface area contributed by atoms with Crippen molar-refractivity contribution in [2.75, 3.05) is 19.1 Å². The predicted octanol–water partition coefficient (Wildman–Crippen LogP) is 5.03. The highest BCUT2D eigenvalue weighted by atomic mass is 35.5. The summed E-state index contributed by atoms with van der Waals surface area (Å²) in [6.07, 6.45) is 1.61. The first-order valence-electron chi connectivity index (χ1n) is 11.5. The molecule has 2 aliphatic heterocycles. The van der Waals surface area contributed by atoms with E-state index in [-0.39, 0.29) is 34.8 Å². The van der Waals surface area contributed by atoms with Crippen molar-refractivity contribution in [2.45, 2.75) is 36.8 Å². The van der Waals surface area contributed by atoms with Crippen molar-refractivity contribution in [3.63, 3.8) is 0 Å². The molecule has 0 radical (unpaired) electrons. The minimum Gasteiger partial charge on any atom is -0.497 e. The van der Waals surface area contributed by atoms with Gasteiger partial charge in [0.15, 0.2) is 16.7 Å². The Balaban J connectivity index is 1.52. The highest BCUT2D eigenvalue weighted by molar-refractivity contribution is 7.22.